The lowest BCUT2D eigenvalue weighted by molar-refractivity contribution is 1.07. The number of pyridine rings is 2. The number of hydrogen-bond donors (Lipinski definition) is 0. The molecule has 0 aliphatic heterocycles. The third-order valence-electron chi connectivity index (χ3n) is 9.53. The fourth-order valence-electron chi connectivity index (χ4n) is 6.72. The molecule has 0 spiro atoms. The van der Waals surface area contributed by atoms with E-state index in [1.807, 2.05) is 24.3 Å². The monoisotopic (exact) mass is 691 g/mol. The average molecular weight is 692 g/mol. The standard InChI is InChI=1S/C49H33N5/c1-3-9-34(10-4-1)40-13-7-15-42(29-40)45-31-44(32-46(33-45)43-16-8-14-41(30-43)35-11-5-2-6-12-35)36-17-19-37(20-18-36)47-52-48(38-21-25-50-26-22-38)54-49(53-47)39-23-27-51-28-24-39/h1-33H. The second-order valence-electron chi connectivity index (χ2n) is 13.0. The van der Waals surface area contributed by atoms with Gasteiger partial charge in [-0.2, -0.15) is 0 Å². The fourth-order valence-corrected chi connectivity index (χ4v) is 6.72. The molecule has 9 rings (SSSR count). The van der Waals surface area contributed by atoms with Gasteiger partial charge in [-0.3, -0.25) is 9.97 Å². The molecule has 3 aromatic heterocycles. The maximum Gasteiger partial charge on any atom is 0.164 e. The second kappa shape index (κ2) is 14.7. The predicted octanol–water partition coefficient (Wildman–Crippen LogP) is 12.0. The Balaban J connectivity index is 1.14. The Hall–Kier alpha value is -7.37. The predicted molar refractivity (Wildman–Crippen MR) is 219 cm³/mol. The molecule has 6 aromatic carbocycles. The quantitative estimate of drug-likeness (QED) is 0.159. The molecule has 0 atom stereocenters. The molecule has 254 valence electrons. The Labute approximate surface area is 314 Å². The largest absolute Gasteiger partial charge is 0.265 e. The molecule has 0 saturated heterocycles. The highest BCUT2D eigenvalue weighted by molar-refractivity contribution is 5.84. The van der Waals surface area contributed by atoms with Gasteiger partial charge in [0.05, 0.1) is 0 Å². The average Bonchev–Trinajstić information content (AvgIpc) is 3.27. The van der Waals surface area contributed by atoms with Crippen LogP contribution in [0.2, 0.25) is 0 Å². The summed E-state index contributed by atoms with van der Waals surface area (Å²) < 4.78 is 0. The minimum atomic E-state index is 0.589. The Morgan fingerprint density at radius 1 is 0.204 bits per heavy atom. The van der Waals surface area contributed by atoms with Gasteiger partial charge in [0.1, 0.15) is 0 Å². The van der Waals surface area contributed by atoms with Gasteiger partial charge in [-0.05, 0) is 110 Å². The summed E-state index contributed by atoms with van der Waals surface area (Å²) in [5.41, 5.74) is 14.2. The minimum Gasteiger partial charge on any atom is -0.265 e. The number of rotatable bonds is 8. The van der Waals surface area contributed by atoms with Gasteiger partial charge in [-0.1, -0.05) is 121 Å². The van der Waals surface area contributed by atoms with Gasteiger partial charge in [-0.15, -0.1) is 0 Å². The first-order chi connectivity index (χ1) is 26.7. The summed E-state index contributed by atoms with van der Waals surface area (Å²) >= 11 is 0. The fraction of sp³-hybridized carbons (Fsp3) is 0. The molecule has 54 heavy (non-hydrogen) atoms. The molecule has 0 amide bonds. The SMILES string of the molecule is c1ccc(-c2cccc(-c3cc(-c4ccc(-c5nc(-c6ccncc6)nc(-c6ccncc6)n5)cc4)cc(-c4cccc(-c5ccccc5)c4)c3)c2)cc1. The molecular weight excluding hydrogens is 659 g/mol. The van der Waals surface area contributed by atoms with Gasteiger partial charge in [0, 0.05) is 41.5 Å². The van der Waals surface area contributed by atoms with E-state index in [2.05, 4.69) is 162 Å². The van der Waals surface area contributed by atoms with E-state index in [0.29, 0.717) is 17.5 Å². The Bertz CT molecular complexity index is 2520. The van der Waals surface area contributed by atoms with Crippen molar-refractivity contribution in [2.24, 2.45) is 0 Å². The van der Waals surface area contributed by atoms with Crippen LogP contribution in [0.4, 0.5) is 0 Å². The minimum absolute atomic E-state index is 0.589. The number of benzene rings is 6. The summed E-state index contributed by atoms with van der Waals surface area (Å²) in [6.45, 7) is 0. The lowest BCUT2D eigenvalue weighted by atomic mass is 9.91. The summed E-state index contributed by atoms with van der Waals surface area (Å²) in [4.78, 5) is 23.0. The molecule has 0 N–H and O–H groups in total. The maximum atomic E-state index is 4.91. The topological polar surface area (TPSA) is 64.5 Å². The highest BCUT2D eigenvalue weighted by Crippen LogP contribution is 2.36. The van der Waals surface area contributed by atoms with Gasteiger partial charge in [0.25, 0.3) is 0 Å². The van der Waals surface area contributed by atoms with E-state index >= 15 is 0 Å². The summed E-state index contributed by atoms with van der Waals surface area (Å²) in [7, 11) is 0. The molecule has 0 aliphatic rings. The van der Waals surface area contributed by atoms with Gasteiger partial charge in [-0.25, -0.2) is 15.0 Å². The van der Waals surface area contributed by atoms with Crippen LogP contribution in [0.1, 0.15) is 0 Å². The molecule has 0 radical (unpaired) electrons. The van der Waals surface area contributed by atoms with Crippen LogP contribution in [0, 0.1) is 0 Å². The van der Waals surface area contributed by atoms with Crippen LogP contribution in [0.15, 0.2) is 201 Å². The summed E-state index contributed by atoms with van der Waals surface area (Å²) in [5, 5.41) is 0. The highest BCUT2D eigenvalue weighted by Gasteiger charge is 2.14. The van der Waals surface area contributed by atoms with E-state index in [-0.39, 0.29) is 0 Å². The van der Waals surface area contributed by atoms with Crippen molar-refractivity contribution in [3.63, 3.8) is 0 Å². The summed E-state index contributed by atoms with van der Waals surface area (Å²) in [5.74, 6) is 1.78. The van der Waals surface area contributed by atoms with Crippen LogP contribution in [0.25, 0.3) is 89.8 Å². The van der Waals surface area contributed by atoms with Crippen molar-refractivity contribution in [3.8, 4) is 89.8 Å². The summed E-state index contributed by atoms with van der Waals surface area (Å²) in [6, 6.07) is 61.7. The van der Waals surface area contributed by atoms with Crippen molar-refractivity contribution in [1.82, 2.24) is 24.9 Å². The molecule has 0 aliphatic carbocycles. The van der Waals surface area contributed by atoms with Crippen molar-refractivity contribution in [2.75, 3.05) is 0 Å². The normalized spacial score (nSPS) is 11.0. The molecule has 5 nitrogen and oxygen atoms in total. The molecule has 0 fully saturated rings. The second-order valence-corrected chi connectivity index (χ2v) is 13.0. The van der Waals surface area contributed by atoms with Gasteiger partial charge < -0.3 is 0 Å². The molecule has 0 bridgehead atoms. The van der Waals surface area contributed by atoms with Crippen molar-refractivity contribution >= 4 is 0 Å². The molecule has 5 heteroatoms. The molecule has 0 saturated carbocycles. The lowest BCUT2D eigenvalue weighted by Gasteiger charge is -2.14. The molecule has 9 aromatic rings. The van der Waals surface area contributed by atoms with Crippen molar-refractivity contribution in [1.29, 1.82) is 0 Å². The van der Waals surface area contributed by atoms with Crippen molar-refractivity contribution in [2.45, 2.75) is 0 Å². The van der Waals surface area contributed by atoms with E-state index in [0.717, 1.165) is 50.1 Å². The van der Waals surface area contributed by atoms with E-state index in [4.69, 9.17) is 15.0 Å². The Kier molecular flexibility index (Phi) is 8.86. The van der Waals surface area contributed by atoms with Gasteiger partial charge >= 0.3 is 0 Å². The zero-order chi connectivity index (χ0) is 36.1. The number of aromatic nitrogens is 5. The number of nitrogens with zero attached hydrogens (tertiary/aromatic N) is 5. The van der Waals surface area contributed by atoms with Gasteiger partial charge in [0.2, 0.25) is 0 Å². The highest BCUT2D eigenvalue weighted by atomic mass is 15.0. The van der Waals surface area contributed by atoms with Crippen LogP contribution >= 0.6 is 0 Å². The van der Waals surface area contributed by atoms with Crippen LogP contribution < -0.4 is 0 Å². The Morgan fingerprint density at radius 3 is 0.889 bits per heavy atom. The van der Waals surface area contributed by atoms with E-state index in [1.165, 1.54) is 22.3 Å². The Morgan fingerprint density at radius 2 is 0.481 bits per heavy atom. The van der Waals surface area contributed by atoms with E-state index < -0.39 is 0 Å². The molecule has 3 heterocycles. The zero-order valence-electron chi connectivity index (χ0n) is 29.3. The third-order valence-corrected chi connectivity index (χ3v) is 9.53. The zero-order valence-corrected chi connectivity index (χ0v) is 29.3. The number of hydrogen-bond acceptors (Lipinski definition) is 5. The van der Waals surface area contributed by atoms with E-state index in [9.17, 15) is 0 Å². The first-order valence-corrected chi connectivity index (χ1v) is 17.9. The smallest absolute Gasteiger partial charge is 0.164 e. The first-order valence-electron chi connectivity index (χ1n) is 17.9. The first kappa shape index (κ1) is 32.5. The van der Waals surface area contributed by atoms with Crippen LogP contribution in [-0.2, 0) is 0 Å². The van der Waals surface area contributed by atoms with Crippen molar-refractivity contribution in [3.05, 3.63) is 201 Å². The van der Waals surface area contributed by atoms with Crippen LogP contribution in [-0.4, -0.2) is 24.9 Å². The molecule has 0 unspecified atom stereocenters. The van der Waals surface area contributed by atoms with Crippen molar-refractivity contribution < 1.29 is 0 Å². The maximum absolute atomic E-state index is 4.91. The van der Waals surface area contributed by atoms with E-state index in [1.54, 1.807) is 24.8 Å². The van der Waals surface area contributed by atoms with Crippen LogP contribution in [0.5, 0.6) is 0 Å². The summed E-state index contributed by atoms with van der Waals surface area (Å²) in [6.07, 6.45) is 6.99. The molecular formula is C49H33N5. The third kappa shape index (κ3) is 6.94. The lowest BCUT2D eigenvalue weighted by Crippen LogP contribution is -2.00. The van der Waals surface area contributed by atoms with Crippen LogP contribution in [0.3, 0.4) is 0 Å². The van der Waals surface area contributed by atoms with Gasteiger partial charge in [0.15, 0.2) is 17.5 Å².